The number of carbonyl (C=O) groups is 1. The first-order chi connectivity index (χ1) is 10.1. The van der Waals surface area contributed by atoms with E-state index in [1.165, 1.54) is 10.7 Å². The molecule has 0 saturated heterocycles. The number of amides is 2. The zero-order valence-electron chi connectivity index (χ0n) is 11.9. The molecule has 0 spiro atoms. The molecule has 0 saturated carbocycles. The van der Waals surface area contributed by atoms with Crippen LogP contribution >= 0.6 is 0 Å². The van der Waals surface area contributed by atoms with Crippen LogP contribution in [0.1, 0.15) is 12.0 Å². The maximum Gasteiger partial charge on any atom is 0.319 e. The first-order valence-electron chi connectivity index (χ1n) is 6.79. The number of hydrogen-bond acceptors (Lipinski definition) is 3. The van der Waals surface area contributed by atoms with Crippen molar-refractivity contribution in [1.82, 2.24) is 15.1 Å². The molecule has 2 amide bonds. The molecule has 1 heterocycles. The molecule has 21 heavy (non-hydrogen) atoms. The first kappa shape index (κ1) is 14.8. The summed E-state index contributed by atoms with van der Waals surface area (Å²) in [5, 5.41) is 9.43. The average molecular weight is 286 g/mol. The molecule has 0 aliphatic carbocycles. The fourth-order valence-electron chi connectivity index (χ4n) is 1.80. The number of aryl methyl sites for hydroxylation is 2. The van der Waals surface area contributed by atoms with Gasteiger partial charge in [-0.05, 0) is 31.5 Å². The molecule has 110 valence electrons. The summed E-state index contributed by atoms with van der Waals surface area (Å²) in [5.74, 6) is 0. The molecule has 1 aromatic heterocycles. The van der Waals surface area contributed by atoms with Gasteiger partial charge in [0.15, 0.2) is 0 Å². The van der Waals surface area contributed by atoms with Crippen molar-refractivity contribution in [2.24, 2.45) is 0 Å². The molecule has 2 N–H and O–H groups in total. The molecule has 0 atom stereocenters. The molecular formula is C15H18N4O2. The van der Waals surface area contributed by atoms with Gasteiger partial charge in [-0.3, -0.25) is 4.79 Å². The van der Waals surface area contributed by atoms with Crippen molar-refractivity contribution in [3.05, 3.63) is 58.5 Å². The van der Waals surface area contributed by atoms with Crippen LogP contribution in [0, 0.1) is 6.92 Å². The maximum absolute atomic E-state index is 11.7. The molecule has 6 nitrogen and oxygen atoms in total. The number of benzene rings is 1. The third-order valence-electron chi connectivity index (χ3n) is 2.93. The lowest BCUT2D eigenvalue weighted by molar-refractivity contribution is 0.251. The molecule has 2 aromatic rings. The van der Waals surface area contributed by atoms with Crippen molar-refractivity contribution >= 4 is 11.7 Å². The molecule has 2 rings (SSSR count). The summed E-state index contributed by atoms with van der Waals surface area (Å²) in [4.78, 5) is 23.1. The summed E-state index contributed by atoms with van der Waals surface area (Å²) in [6.45, 7) is 2.94. The highest BCUT2D eigenvalue weighted by molar-refractivity contribution is 5.89. The minimum absolute atomic E-state index is 0.137. The summed E-state index contributed by atoms with van der Waals surface area (Å²) in [7, 11) is 0. The summed E-state index contributed by atoms with van der Waals surface area (Å²) < 4.78 is 1.37. The van der Waals surface area contributed by atoms with Gasteiger partial charge in [-0.15, -0.1) is 0 Å². The van der Waals surface area contributed by atoms with Gasteiger partial charge in [0.2, 0.25) is 0 Å². The number of rotatable bonds is 5. The van der Waals surface area contributed by atoms with Crippen molar-refractivity contribution in [2.75, 3.05) is 11.9 Å². The van der Waals surface area contributed by atoms with Crippen LogP contribution in [0.3, 0.4) is 0 Å². The fourth-order valence-corrected chi connectivity index (χ4v) is 1.80. The van der Waals surface area contributed by atoms with E-state index in [1.54, 1.807) is 12.3 Å². The second-order valence-electron chi connectivity index (χ2n) is 4.69. The lowest BCUT2D eigenvalue weighted by atomic mass is 10.2. The van der Waals surface area contributed by atoms with E-state index < -0.39 is 0 Å². The Morgan fingerprint density at radius 2 is 2.00 bits per heavy atom. The minimum atomic E-state index is -0.257. The second kappa shape index (κ2) is 7.23. The van der Waals surface area contributed by atoms with Gasteiger partial charge in [0.25, 0.3) is 5.56 Å². The van der Waals surface area contributed by atoms with E-state index in [-0.39, 0.29) is 11.6 Å². The Morgan fingerprint density at radius 3 is 2.71 bits per heavy atom. The van der Waals surface area contributed by atoms with Gasteiger partial charge in [-0.2, -0.15) is 5.10 Å². The van der Waals surface area contributed by atoms with E-state index in [9.17, 15) is 9.59 Å². The number of anilines is 1. The van der Waals surface area contributed by atoms with Crippen molar-refractivity contribution in [2.45, 2.75) is 19.9 Å². The molecule has 0 unspecified atom stereocenters. The summed E-state index contributed by atoms with van der Waals surface area (Å²) in [5.41, 5.74) is 1.75. The highest BCUT2D eigenvalue weighted by Crippen LogP contribution is 2.07. The van der Waals surface area contributed by atoms with Crippen molar-refractivity contribution in [3.63, 3.8) is 0 Å². The van der Waals surface area contributed by atoms with Crippen LogP contribution in [0.25, 0.3) is 0 Å². The second-order valence-corrected chi connectivity index (χ2v) is 4.69. The fraction of sp³-hybridized carbons (Fsp3) is 0.267. The Hall–Kier alpha value is -2.63. The number of urea groups is 1. The van der Waals surface area contributed by atoms with Crippen molar-refractivity contribution in [1.29, 1.82) is 0 Å². The van der Waals surface area contributed by atoms with Crippen LogP contribution < -0.4 is 16.2 Å². The molecule has 0 fully saturated rings. The number of nitrogens with zero attached hydrogens (tertiary/aromatic N) is 2. The Balaban J connectivity index is 1.71. The normalized spacial score (nSPS) is 10.1. The van der Waals surface area contributed by atoms with Gasteiger partial charge in [0.1, 0.15) is 0 Å². The highest BCUT2D eigenvalue weighted by atomic mass is 16.2. The van der Waals surface area contributed by atoms with Crippen LogP contribution in [0.15, 0.2) is 47.4 Å². The molecule has 0 aliphatic heterocycles. The molecule has 6 heteroatoms. The number of hydrogen-bond donors (Lipinski definition) is 2. The number of carbonyl (C=O) groups excluding carboxylic acids is 1. The number of nitrogens with one attached hydrogen (secondary N) is 2. The minimum Gasteiger partial charge on any atom is -0.338 e. The third kappa shape index (κ3) is 4.76. The molecule has 1 aromatic carbocycles. The van der Waals surface area contributed by atoms with E-state index in [2.05, 4.69) is 15.7 Å². The third-order valence-corrected chi connectivity index (χ3v) is 2.93. The average Bonchev–Trinajstić information content (AvgIpc) is 2.48. The molecular weight excluding hydrogens is 268 g/mol. The highest BCUT2D eigenvalue weighted by Gasteiger charge is 2.01. The molecule has 0 aliphatic rings. The summed E-state index contributed by atoms with van der Waals surface area (Å²) >= 11 is 0. The van der Waals surface area contributed by atoms with Gasteiger partial charge < -0.3 is 10.6 Å². The first-order valence-corrected chi connectivity index (χ1v) is 6.79. The topological polar surface area (TPSA) is 76.0 Å². The maximum atomic E-state index is 11.7. The van der Waals surface area contributed by atoms with Crippen LogP contribution in [-0.4, -0.2) is 22.4 Å². The predicted molar refractivity (Wildman–Crippen MR) is 81.3 cm³/mol. The van der Waals surface area contributed by atoms with Crippen LogP contribution in [0.5, 0.6) is 0 Å². The Morgan fingerprint density at radius 1 is 1.24 bits per heavy atom. The monoisotopic (exact) mass is 286 g/mol. The van der Waals surface area contributed by atoms with Crippen LogP contribution in [-0.2, 0) is 6.54 Å². The van der Waals surface area contributed by atoms with Gasteiger partial charge in [0.05, 0.1) is 0 Å². The summed E-state index contributed by atoms with van der Waals surface area (Å²) in [6, 6.07) is 10.4. The lowest BCUT2D eigenvalue weighted by Crippen LogP contribution is -2.31. The largest absolute Gasteiger partial charge is 0.338 e. The summed E-state index contributed by atoms with van der Waals surface area (Å²) in [6.07, 6.45) is 2.21. The van der Waals surface area contributed by atoms with E-state index in [1.807, 2.05) is 31.2 Å². The van der Waals surface area contributed by atoms with E-state index in [0.717, 1.165) is 11.3 Å². The standard InChI is InChI=1S/C15H18N4O2/c1-12-5-7-13(8-6-12)18-15(21)16-9-3-11-19-14(20)4-2-10-17-19/h2,4-8,10H,3,9,11H2,1H3,(H2,16,18,21). The van der Waals surface area contributed by atoms with Crippen molar-refractivity contribution < 1.29 is 4.79 Å². The Labute approximate surface area is 122 Å². The van der Waals surface area contributed by atoms with Crippen molar-refractivity contribution in [3.8, 4) is 0 Å². The zero-order chi connectivity index (χ0) is 15.1. The quantitative estimate of drug-likeness (QED) is 0.822. The SMILES string of the molecule is Cc1ccc(NC(=O)NCCCn2ncccc2=O)cc1. The van der Waals surface area contributed by atoms with Gasteiger partial charge in [-0.25, -0.2) is 9.48 Å². The van der Waals surface area contributed by atoms with E-state index >= 15 is 0 Å². The van der Waals surface area contributed by atoms with Crippen LogP contribution in [0.4, 0.5) is 10.5 Å². The van der Waals surface area contributed by atoms with E-state index in [0.29, 0.717) is 19.5 Å². The Kier molecular flexibility index (Phi) is 5.09. The van der Waals surface area contributed by atoms with Gasteiger partial charge in [0, 0.05) is 31.0 Å². The number of aromatic nitrogens is 2. The lowest BCUT2D eigenvalue weighted by Gasteiger charge is -2.08. The molecule has 0 bridgehead atoms. The van der Waals surface area contributed by atoms with Crippen LogP contribution in [0.2, 0.25) is 0 Å². The Bertz CT molecular complexity index is 649. The zero-order valence-corrected chi connectivity index (χ0v) is 11.9. The smallest absolute Gasteiger partial charge is 0.319 e. The van der Waals surface area contributed by atoms with Gasteiger partial charge in [-0.1, -0.05) is 17.7 Å². The molecule has 0 radical (unpaired) electrons. The van der Waals surface area contributed by atoms with E-state index in [4.69, 9.17) is 0 Å². The van der Waals surface area contributed by atoms with Gasteiger partial charge >= 0.3 is 6.03 Å². The predicted octanol–water partition coefficient (Wildman–Crippen LogP) is 1.76.